The van der Waals surface area contributed by atoms with E-state index in [0.717, 1.165) is 11.1 Å². The SMILES string of the molecule is COc1ccc([C@@H]2N(Cc3ccccc3)OC[C@]2(C=O)OC(=O)N2CC=CC2)cc1. The minimum Gasteiger partial charge on any atom is -0.497 e. The lowest BCUT2D eigenvalue weighted by Crippen LogP contribution is -2.47. The minimum absolute atomic E-state index is 0.0486. The molecule has 2 heterocycles. The van der Waals surface area contributed by atoms with Crippen LogP contribution in [0.4, 0.5) is 4.79 Å². The van der Waals surface area contributed by atoms with E-state index >= 15 is 0 Å². The molecule has 156 valence electrons. The number of amides is 1. The third kappa shape index (κ3) is 3.94. The molecule has 0 radical (unpaired) electrons. The molecular weight excluding hydrogens is 384 g/mol. The van der Waals surface area contributed by atoms with Gasteiger partial charge in [0, 0.05) is 19.6 Å². The van der Waals surface area contributed by atoms with Crippen LogP contribution in [0, 0.1) is 0 Å². The molecule has 0 spiro atoms. The van der Waals surface area contributed by atoms with Gasteiger partial charge in [0.2, 0.25) is 5.60 Å². The fourth-order valence-corrected chi connectivity index (χ4v) is 3.78. The number of aldehydes is 1. The Hall–Kier alpha value is -3.16. The number of hydroxylamine groups is 2. The average Bonchev–Trinajstić information content (AvgIpc) is 3.44. The van der Waals surface area contributed by atoms with Crippen LogP contribution in [0.1, 0.15) is 17.2 Å². The first-order valence-electron chi connectivity index (χ1n) is 9.82. The van der Waals surface area contributed by atoms with Gasteiger partial charge in [-0.15, -0.1) is 0 Å². The van der Waals surface area contributed by atoms with Gasteiger partial charge >= 0.3 is 6.09 Å². The van der Waals surface area contributed by atoms with Crippen molar-refractivity contribution >= 4 is 12.4 Å². The highest BCUT2D eigenvalue weighted by molar-refractivity contribution is 5.75. The van der Waals surface area contributed by atoms with Crippen molar-refractivity contribution in [2.45, 2.75) is 18.2 Å². The Morgan fingerprint density at radius 1 is 1.13 bits per heavy atom. The topological polar surface area (TPSA) is 68.3 Å². The Morgan fingerprint density at radius 3 is 2.47 bits per heavy atom. The molecule has 2 aliphatic rings. The van der Waals surface area contributed by atoms with E-state index in [0.29, 0.717) is 31.7 Å². The van der Waals surface area contributed by atoms with Crippen LogP contribution < -0.4 is 4.74 Å². The molecular formula is C23H24N2O5. The van der Waals surface area contributed by atoms with Gasteiger partial charge in [-0.1, -0.05) is 54.6 Å². The normalized spacial score (nSPS) is 23.5. The molecule has 7 nitrogen and oxygen atoms in total. The van der Waals surface area contributed by atoms with Crippen molar-refractivity contribution in [2.75, 3.05) is 26.8 Å². The van der Waals surface area contributed by atoms with Gasteiger partial charge in [0.05, 0.1) is 7.11 Å². The quantitative estimate of drug-likeness (QED) is 0.540. The molecule has 0 unspecified atom stereocenters. The van der Waals surface area contributed by atoms with Crippen LogP contribution in [0.2, 0.25) is 0 Å². The van der Waals surface area contributed by atoms with E-state index in [1.165, 1.54) is 4.90 Å². The van der Waals surface area contributed by atoms with Gasteiger partial charge in [0.15, 0.2) is 6.29 Å². The monoisotopic (exact) mass is 408 g/mol. The van der Waals surface area contributed by atoms with Crippen molar-refractivity contribution in [3.8, 4) is 5.75 Å². The Labute approximate surface area is 175 Å². The fourth-order valence-electron chi connectivity index (χ4n) is 3.78. The second-order valence-electron chi connectivity index (χ2n) is 7.33. The standard InChI is InChI=1S/C23H24N2O5/c1-28-20-11-9-19(10-12-20)21-23(16-26,30-22(27)24-13-5-6-14-24)17-29-25(21)15-18-7-3-2-4-8-18/h2-12,16,21H,13-15,17H2,1H3/t21-,23-/m0/s1. The summed E-state index contributed by atoms with van der Waals surface area (Å²) in [7, 11) is 1.59. The second-order valence-corrected chi connectivity index (χ2v) is 7.33. The molecule has 4 rings (SSSR count). The van der Waals surface area contributed by atoms with E-state index in [4.69, 9.17) is 14.3 Å². The summed E-state index contributed by atoms with van der Waals surface area (Å²) >= 11 is 0. The number of carbonyl (C=O) groups is 2. The molecule has 1 amide bonds. The molecule has 1 fully saturated rings. The molecule has 0 saturated carbocycles. The summed E-state index contributed by atoms with van der Waals surface area (Å²) in [6.07, 6.45) is 3.94. The van der Waals surface area contributed by atoms with E-state index in [-0.39, 0.29) is 6.61 Å². The van der Waals surface area contributed by atoms with Gasteiger partial charge in [-0.05, 0) is 23.3 Å². The highest BCUT2D eigenvalue weighted by atomic mass is 16.7. The lowest BCUT2D eigenvalue weighted by Gasteiger charge is -2.32. The molecule has 0 bridgehead atoms. The summed E-state index contributed by atoms with van der Waals surface area (Å²) in [5, 5.41) is 1.71. The number of rotatable bonds is 6. The summed E-state index contributed by atoms with van der Waals surface area (Å²) in [4.78, 5) is 32.5. The maximum Gasteiger partial charge on any atom is 0.411 e. The largest absolute Gasteiger partial charge is 0.497 e. The van der Waals surface area contributed by atoms with Crippen molar-refractivity contribution in [3.05, 3.63) is 77.9 Å². The number of carbonyl (C=O) groups excluding carboxylic acids is 2. The molecule has 2 aromatic rings. The van der Waals surface area contributed by atoms with E-state index < -0.39 is 17.7 Å². The predicted molar refractivity (Wildman–Crippen MR) is 110 cm³/mol. The number of hydrogen-bond acceptors (Lipinski definition) is 6. The summed E-state index contributed by atoms with van der Waals surface area (Å²) in [5.41, 5.74) is 0.361. The molecule has 0 aromatic heterocycles. The number of hydrogen-bond donors (Lipinski definition) is 0. The molecule has 0 aliphatic carbocycles. The van der Waals surface area contributed by atoms with Crippen LogP contribution in [-0.2, 0) is 20.9 Å². The number of nitrogens with zero attached hydrogens (tertiary/aromatic N) is 2. The lowest BCUT2D eigenvalue weighted by molar-refractivity contribution is -0.141. The zero-order valence-corrected chi connectivity index (χ0v) is 16.8. The average molecular weight is 408 g/mol. The fraction of sp³-hybridized carbons (Fsp3) is 0.304. The smallest absolute Gasteiger partial charge is 0.411 e. The van der Waals surface area contributed by atoms with Crippen LogP contribution in [0.3, 0.4) is 0 Å². The van der Waals surface area contributed by atoms with E-state index in [9.17, 15) is 9.59 Å². The highest BCUT2D eigenvalue weighted by Crippen LogP contribution is 2.41. The van der Waals surface area contributed by atoms with Crippen LogP contribution in [0.25, 0.3) is 0 Å². The number of methoxy groups -OCH3 is 1. The van der Waals surface area contributed by atoms with Crippen molar-refractivity contribution in [2.24, 2.45) is 0 Å². The molecule has 2 aromatic carbocycles. The Kier molecular flexibility index (Phi) is 5.83. The summed E-state index contributed by atoms with van der Waals surface area (Å²) in [6.45, 7) is 1.33. The third-order valence-electron chi connectivity index (χ3n) is 5.37. The van der Waals surface area contributed by atoms with E-state index in [1.807, 2.05) is 66.7 Å². The second kappa shape index (κ2) is 8.69. The number of benzene rings is 2. The lowest BCUT2D eigenvalue weighted by atomic mass is 9.90. The summed E-state index contributed by atoms with van der Waals surface area (Å²) < 4.78 is 11.1. The predicted octanol–water partition coefficient (Wildman–Crippen LogP) is 3.13. The molecule has 2 aliphatic heterocycles. The van der Waals surface area contributed by atoms with Crippen LogP contribution in [0.15, 0.2) is 66.7 Å². The van der Waals surface area contributed by atoms with Gasteiger partial charge in [0.1, 0.15) is 18.4 Å². The van der Waals surface area contributed by atoms with Crippen molar-refractivity contribution in [1.29, 1.82) is 0 Å². The minimum atomic E-state index is -1.46. The molecule has 30 heavy (non-hydrogen) atoms. The van der Waals surface area contributed by atoms with Crippen LogP contribution in [0.5, 0.6) is 5.75 Å². The third-order valence-corrected chi connectivity index (χ3v) is 5.37. The van der Waals surface area contributed by atoms with Gasteiger partial charge in [-0.2, -0.15) is 5.06 Å². The zero-order chi connectivity index (χ0) is 21.0. The Bertz CT molecular complexity index is 907. The molecule has 2 atom stereocenters. The first-order chi connectivity index (χ1) is 14.6. The van der Waals surface area contributed by atoms with E-state index in [1.54, 1.807) is 12.2 Å². The van der Waals surface area contributed by atoms with Crippen molar-refractivity contribution < 1.29 is 23.9 Å². The maximum absolute atomic E-state index is 12.7. The zero-order valence-electron chi connectivity index (χ0n) is 16.8. The highest BCUT2D eigenvalue weighted by Gasteiger charge is 2.54. The van der Waals surface area contributed by atoms with Gasteiger partial charge in [-0.25, -0.2) is 4.79 Å². The molecule has 0 N–H and O–H groups in total. The summed E-state index contributed by atoms with van der Waals surface area (Å²) in [6, 6.07) is 16.6. The Balaban J connectivity index is 1.65. The summed E-state index contributed by atoms with van der Waals surface area (Å²) in [5.74, 6) is 0.698. The maximum atomic E-state index is 12.7. The molecule has 1 saturated heterocycles. The van der Waals surface area contributed by atoms with Crippen LogP contribution >= 0.6 is 0 Å². The van der Waals surface area contributed by atoms with E-state index in [2.05, 4.69) is 0 Å². The number of ether oxygens (including phenoxy) is 2. The first kappa shape index (κ1) is 20.1. The van der Waals surface area contributed by atoms with Gasteiger partial charge < -0.3 is 14.4 Å². The molecule has 7 heteroatoms. The van der Waals surface area contributed by atoms with Crippen molar-refractivity contribution in [3.63, 3.8) is 0 Å². The van der Waals surface area contributed by atoms with Gasteiger partial charge in [0.25, 0.3) is 0 Å². The van der Waals surface area contributed by atoms with Crippen LogP contribution in [-0.4, -0.2) is 54.7 Å². The van der Waals surface area contributed by atoms with Crippen molar-refractivity contribution in [1.82, 2.24) is 9.96 Å². The Morgan fingerprint density at radius 2 is 1.83 bits per heavy atom. The first-order valence-corrected chi connectivity index (χ1v) is 9.82. The van der Waals surface area contributed by atoms with Gasteiger partial charge in [-0.3, -0.25) is 9.63 Å².